The highest BCUT2D eigenvalue weighted by Gasteiger charge is 2.18. The molecular weight excluding hydrogens is 407 g/mol. The Morgan fingerprint density at radius 3 is 2.34 bits per heavy atom. The molecule has 1 N–H and O–H groups in total. The molecule has 5 nitrogen and oxygen atoms in total. The maximum absolute atomic E-state index is 12.1. The summed E-state index contributed by atoms with van der Waals surface area (Å²) in [4.78, 5) is 16.6. The molecule has 1 heterocycles. The monoisotopic (exact) mass is 430 g/mol. The minimum atomic E-state index is -0.142. The van der Waals surface area contributed by atoms with E-state index in [0.29, 0.717) is 11.6 Å². The molecule has 7 heteroatoms. The van der Waals surface area contributed by atoms with Gasteiger partial charge in [0.2, 0.25) is 0 Å². The highest BCUT2D eigenvalue weighted by Crippen LogP contribution is 2.13. The van der Waals surface area contributed by atoms with Crippen molar-refractivity contribution in [2.75, 3.05) is 32.7 Å². The quantitative estimate of drug-likeness (QED) is 0.536. The number of hydrogen-bond donors (Lipinski definition) is 1. The summed E-state index contributed by atoms with van der Waals surface area (Å²) in [6, 6.07) is 17.6. The zero-order chi connectivity index (χ0) is 20.5. The molecule has 2 aromatic rings. The van der Waals surface area contributed by atoms with Crippen molar-refractivity contribution in [2.45, 2.75) is 6.54 Å². The van der Waals surface area contributed by atoms with E-state index in [1.54, 1.807) is 6.08 Å². The summed E-state index contributed by atoms with van der Waals surface area (Å²) in [5, 5.41) is 5.14. The maximum Gasteiger partial charge on any atom is 0.254 e. The topological polar surface area (TPSA) is 47.9 Å². The Hall–Kier alpha value is -2.18. The lowest BCUT2D eigenvalue weighted by Crippen LogP contribution is -2.48. The predicted molar refractivity (Wildman–Crippen MR) is 120 cm³/mol. The van der Waals surface area contributed by atoms with Gasteiger partial charge < -0.3 is 0 Å². The van der Waals surface area contributed by atoms with E-state index in [4.69, 9.17) is 23.2 Å². The highest BCUT2D eigenvalue weighted by molar-refractivity contribution is 6.41. The minimum absolute atomic E-state index is 0.142. The summed E-state index contributed by atoms with van der Waals surface area (Å²) in [6.45, 7) is 4.76. The number of nitrogens with one attached hydrogen (secondary N) is 1. The number of piperazine rings is 1. The van der Waals surface area contributed by atoms with Gasteiger partial charge in [0.05, 0.1) is 17.8 Å². The van der Waals surface area contributed by atoms with Gasteiger partial charge in [-0.15, -0.1) is 0 Å². The van der Waals surface area contributed by atoms with E-state index in [1.165, 1.54) is 11.8 Å². The molecule has 0 bridgehead atoms. The van der Waals surface area contributed by atoms with Crippen molar-refractivity contribution >= 4 is 41.4 Å². The van der Waals surface area contributed by atoms with Gasteiger partial charge in [0, 0.05) is 37.7 Å². The Morgan fingerprint density at radius 2 is 1.66 bits per heavy atom. The molecule has 0 unspecified atom stereocenters. The van der Waals surface area contributed by atoms with Crippen molar-refractivity contribution in [1.29, 1.82) is 0 Å². The highest BCUT2D eigenvalue weighted by atomic mass is 35.5. The summed E-state index contributed by atoms with van der Waals surface area (Å²) < 4.78 is 0. The van der Waals surface area contributed by atoms with Gasteiger partial charge in [0.25, 0.3) is 5.91 Å². The third-order valence-electron chi connectivity index (χ3n) is 4.63. The van der Waals surface area contributed by atoms with Crippen LogP contribution in [0.3, 0.4) is 0 Å². The van der Waals surface area contributed by atoms with Crippen LogP contribution in [-0.4, -0.2) is 54.6 Å². The van der Waals surface area contributed by atoms with Crippen LogP contribution in [0.25, 0.3) is 6.08 Å². The Balaban J connectivity index is 1.37. The molecule has 0 aromatic heterocycles. The van der Waals surface area contributed by atoms with Crippen molar-refractivity contribution < 1.29 is 4.79 Å². The van der Waals surface area contributed by atoms with Gasteiger partial charge in [0.1, 0.15) is 0 Å². The van der Waals surface area contributed by atoms with E-state index in [9.17, 15) is 4.79 Å². The second-order valence-electron chi connectivity index (χ2n) is 6.91. The predicted octanol–water partition coefficient (Wildman–Crippen LogP) is 3.84. The first kappa shape index (κ1) is 21.5. The lowest BCUT2D eigenvalue weighted by atomic mass is 10.2. The Kier molecular flexibility index (Phi) is 8.25. The SMILES string of the molecule is O=C(CN1CCN(Cc2ccc(Cl)cc2)CC1)NN=CC(Cl)=Cc1ccccc1. The van der Waals surface area contributed by atoms with Crippen molar-refractivity contribution in [3.8, 4) is 0 Å². The molecule has 0 aliphatic carbocycles. The van der Waals surface area contributed by atoms with E-state index in [1.807, 2.05) is 42.5 Å². The maximum atomic E-state index is 12.1. The Labute approximate surface area is 181 Å². The Morgan fingerprint density at radius 1 is 1.00 bits per heavy atom. The fourth-order valence-corrected chi connectivity index (χ4v) is 3.40. The van der Waals surface area contributed by atoms with Gasteiger partial charge >= 0.3 is 0 Å². The number of amides is 1. The molecule has 152 valence electrons. The van der Waals surface area contributed by atoms with Crippen molar-refractivity contribution in [2.24, 2.45) is 5.10 Å². The van der Waals surface area contributed by atoms with Crippen molar-refractivity contribution in [1.82, 2.24) is 15.2 Å². The van der Waals surface area contributed by atoms with Gasteiger partial charge in [0.15, 0.2) is 0 Å². The van der Waals surface area contributed by atoms with Gasteiger partial charge in [-0.3, -0.25) is 14.6 Å². The molecule has 29 heavy (non-hydrogen) atoms. The van der Waals surface area contributed by atoms with Crippen LogP contribution in [0, 0.1) is 0 Å². The average Bonchev–Trinajstić information content (AvgIpc) is 2.72. The molecule has 1 aliphatic rings. The second-order valence-corrected chi connectivity index (χ2v) is 7.78. The lowest BCUT2D eigenvalue weighted by molar-refractivity contribution is -0.122. The summed E-state index contributed by atoms with van der Waals surface area (Å²) >= 11 is 12.1. The summed E-state index contributed by atoms with van der Waals surface area (Å²) in [5.41, 5.74) is 4.76. The van der Waals surface area contributed by atoms with Crippen LogP contribution in [0.2, 0.25) is 5.02 Å². The molecule has 0 spiro atoms. The van der Waals surface area contributed by atoms with Gasteiger partial charge in [-0.25, -0.2) is 5.43 Å². The first-order chi connectivity index (χ1) is 14.1. The normalized spacial score (nSPS) is 16.3. The van der Waals surface area contributed by atoms with Gasteiger partial charge in [-0.05, 0) is 29.3 Å². The number of rotatable bonds is 7. The molecule has 0 atom stereocenters. The zero-order valence-corrected chi connectivity index (χ0v) is 17.6. The molecule has 0 saturated carbocycles. The fraction of sp³-hybridized carbons (Fsp3) is 0.273. The Bertz CT molecular complexity index is 845. The number of nitrogens with zero attached hydrogens (tertiary/aromatic N) is 3. The van der Waals surface area contributed by atoms with Crippen LogP contribution in [0.5, 0.6) is 0 Å². The number of halogens is 2. The van der Waals surface area contributed by atoms with Crippen LogP contribution in [-0.2, 0) is 11.3 Å². The molecule has 1 aliphatic heterocycles. The molecule has 1 amide bonds. The lowest BCUT2D eigenvalue weighted by Gasteiger charge is -2.34. The summed E-state index contributed by atoms with van der Waals surface area (Å²) in [7, 11) is 0. The second kappa shape index (κ2) is 11.1. The van der Waals surface area contributed by atoms with E-state index < -0.39 is 0 Å². The number of benzene rings is 2. The average molecular weight is 431 g/mol. The number of hydrazone groups is 1. The smallest absolute Gasteiger partial charge is 0.254 e. The van der Waals surface area contributed by atoms with Crippen LogP contribution in [0.1, 0.15) is 11.1 Å². The minimum Gasteiger partial charge on any atom is -0.297 e. The molecule has 3 rings (SSSR count). The van der Waals surface area contributed by atoms with E-state index >= 15 is 0 Å². The molecular formula is C22H24Cl2N4O. The van der Waals surface area contributed by atoms with Crippen LogP contribution in [0.4, 0.5) is 0 Å². The molecule has 1 saturated heterocycles. The molecule has 2 aromatic carbocycles. The first-order valence-corrected chi connectivity index (χ1v) is 10.3. The molecule has 0 radical (unpaired) electrons. The largest absolute Gasteiger partial charge is 0.297 e. The number of hydrogen-bond acceptors (Lipinski definition) is 4. The van der Waals surface area contributed by atoms with Crippen molar-refractivity contribution in [3.63, 3.8) is 0 Å². The van der Waals surface area contributed by atoms with Crippen molar-refractivity contribution in [3.05, 3.63) is 75.8 Å². The third-order valence-corrected chi connectivity index (χ3v) is 5.09. The molecule has 1 fully saturated rings. The standard InChI is InChI=1S/C22H24Cl2N4O/c23-20-8-6-19(7-9-20)16-27-10-12-28(13-11-27)17-22(29)26-25-15-21(24)14-18-4-2-1-3-5-18/h1-9,14-15H,10-13,16-17H2,(H,26,29). The third kappa shape index (κ3) is 7.63. The summed E-state index contributed by atoms with van der Waals surface area (Å²) in [6.07, 6.45) is 3.23. The van der Waals surface area contributed by atoms with Crippen LogP contribution >= 0.6 is 23.2 Å². The van der Waals surface area contributed by atoms with E-state index in [0.717, 1.165) is 43.3 Å². The summed E-state index contributed by atoms with van der Waals surface area (Å²) in [5.74, 6) is -0.142. The van der Waals surface area contributed by atoms with Crippen LogP contribution < -0.4 is 5.43 Å². The number of carbonyl (C=O) groups excluding carboxylic acids is 1. The number of carbonyl (C=O) groups is 1. The van der Waals surface area contributed by atoms with E-state index in [-0.39, 0.29) is 5.91 Å². The number of allylic oxidation sites excluding steroid dienone is 1. The van der Waals surface area contributed by atoms with Crippen LogP contribution in [0.15, 0.2) is 64.7 Å². The van der Waals surface area contributed by atoms with Gasteiger partial charge in [-0.2, -0.15) is 5.10 Å². The fourth-order valence-electron chi connectivity index (χ4n) is 3.10. The zero-order valence-electron chi connectivity index (χ0n) is 16.1. The van der Waals surface area contributed by atoms with Gasteiger partial charge in [-0.1, -0.05) is 65.7 Å². The van der Waals surface area contributed by atoms with E-state index in [2.05, 4.69) is 32.5 Å². The first-order valence-electron chi connectivity index (χ1n) is 9.52.